The molecule has 3 rings (SSSR count). The summed E-state index contributed by atoms with van der Waals surface area (Å²) in [4.78, 5) is 12.2. The minimum Gasteiger partial charge on any atom is -0.435 e. The van der Waals surface area contributed by atoms with E-state index >= 15 is 0 Å². The van der Waals surface area contributed by atoms with E-state index in [1.54, 1.807) is 12.1 Å². The van der Waals surface area contributed by atoms with Gasteiger partial charge in [0.25, 0.3) is 0 Å². The van der Waals surface area contributed by atoms with Crippen LogP contribution >= 0.6 is 0 Å². The molecule has 20 heavy (non-hydrogen) atoms. The number of fused-ring (bicyclic) bond motifs is 2. The summed E-state index contributed by atoms with van der Waals surface area (Å²) in [6.07, 6.45) is 5.66. The van der Waals surface area contributed by atoms with Crippen LogP contribution in [0.15, 0.2) is 24.3 Å². The Kier molecular flexibility index (Phi) is 3.72. The van der Waals surface area contributed by atoms with Gasteiger partial charge in [-0.3, -0.25) is 4.79 Å². The highest BCUT2D eigenvalue weighted by Crippen LogP contribution is 2.49. The van der Waals surface area contributed by atoms with Crippen molar-refractivity contribution in [1.29, 1.82) is 0 Å². The molecule has 108 valence electrons. The number of Topliss-reactive ketones (excluding diaryl/α,β-unsaturated/α-hetero) is 1. The minimum absolute atomic E-state index is 0.0940. The van der Waals surface area contributed by atoms with Gasteiger partial charge < -0.3 is 4.74 Å². The second kappa shape index (κ2) is 5.51. The van der Waals surface area contributed by atoms with E-state index in [-0.39, 0.29) is 11.5 Å². The van der Waals surface area contributed by atoms with E-state index in [0.29, 0.717) is 17.9 Å². The molecule has 2 aliphatic rings. The fourth-order valence-corrected chi connectivity index (χ4v) is 3.80. The van der Waals surface area contributed by atoms with E-state index in [4.69, 9.17) is 0 Å². The topological polar surface area (TPSA) is 26.3 Å². The molecule has 0 aliphatic heterocycles. The number of hydrogen-bond acceptors (Lipinski definition) is 2. The maximum absolute atomic E-state index is 12.2. The van der Waals surface area contributed by atoms with Gasteiger partial charge in [-0.05, 0) is 61.3 Å². The van der Waals surface area contributed by atoms with Gasteiger partial charge in [0.15, 0.2) is 5.78 Å². The van der Waals surface area contributed by atoms with Crippen molar-refractivity contribution in [2.45, 2.75) is 38.7 Å². The molecule has 0 saturated heterocycles. The van der Waals surface area contributed by atoms with Crippen LogP contribution in [0, 0.1) is 17.8 Å². The van der Waals surface area contributed by atoms with Gasteiger partial charge >= 0.3 is 6.61 Å². The average molecular weight is 280 g/mol. The lowest BCUT2D eigenvalue weighted by Crippen LogP contribution is -2.15. The van der Waals surface area contributed by atoms with Gasteiger partial charge in [0.1, 0.15) is 5.75 Å². The van der Waals surface area contributed by atoms with Crippen molar-refractivity contribution in [2.75, 3.05) is 0 Å². The second-order valence-electron chi connectivity index (χ2n) is 5.97. The van der Waals surface area contributed by atoms with Crippen LogP contribution in [0.5, 0.6) is 5.75 Å². The van der Waals surface area contributed by atoms with Crippen LogP contribution in [-0.2, 0) is 0 Å². The van der Waals surface area contributed by atoms with E-state index in [1.165, 1.54) is 37.8 Å². The lowest BCUT2D eigenvalue weighted by molar-refractivity contribution is -0.0498. The number of carbonyl (C=O) groups excluding carboxylic acids is 1. The van der Waals surface area contributed by atoms with Crippen LogP contribution < -0.4 is 4.74 Å². The first-order valence-corrected chi connectivity index (χ1v) is 7.20. The number of ether oxygens (including phenoxy) is 1. The molecule has 2 saturated carbocycles. The van der Waals surface area contributed by atoms with E-state index < -0.39 is 6.61 Å². The summed E-state index contributed by atoms with van der Waals surface area (Å²) in [5.74, 6) is 2.30. The summed E-state index contributed by atoms with van der Waals surface area (Å²) >= 11 is 0. The molecule has 1 aromatic rings. The zero-order chi connectivity index (χ0) is 14.1. The van der Waals surface area contributed by atoms with E-state index in [0.717, 1.165) is 11.8 Å². The lowest BCUT2D eigenvalue weighted by Gasteiger charge is -2.20. The molecule has 0 radical (unpaired) electrons. The van der Waals surface area contributed by atoms with Gasteiger partial charge in [-0.25, -0.2) is 0 Å². The van der Waals surface area contributed by atoms with Crippen LogP contribution in [0.1, 0.15) is 42.5 Å². The number of halogens is 2. The normalized spacial score (nSPS) is 28.1. The van der Waals surface area contributed by atoms with Crippen molar-refractivity contribution in [2.24, 2.45) is 17.8 Å². The number of benzene rings is 1. The molecule has 0 spiro atoms. The van der Waals surface area contributed by atoms with Crippen molar-refractivity contribution >= 4 is 5.78 Å². The third-order valence-electron chi connectivity index (χ3n) is 4.73. The summed E-state index contributed by atoms with van der Waals surface area (Å²) in [6.45, 7) is -2.83. The van der Waals surface area contributed by atoms with Crippen molar-refractivity contribution in [3.8, 4) is 5.75 Å². The lowest BCUT2D eigenvalue weighted by atomic mass is 9.84. The maximum atomic E-state index is 12.2. The van der Waals surface area contributed by atoms with Gasteiger partial charge in [-0.15, -0.1) is 0 Å². The molecular formula is C16H18F2O2. The smallest absolute Gasteiger partial charge is 0.387 e. The Morgan fingerprint density at radius 2 is 1.95 bits per heavy atom. The molecule has 0 N–H and O–H groups in total. The fourth-order valence-electron chi connectivity index (χ4n) is 3.80. The summed E-state index contributed by atoms with van der Waals surface area (Å²) in [6, 6.07) is 6.01. The number of carbonyl (C=O) groups is 1. The summed E-state index contributed by atoms with van der Waals surface area (Å²) in [5, 5.41) is 0. The molecule has 1 aromatic carbocycles. The van der Waals surface area contributed by atoms with E-state index in [1.807, 2.05) is 0 Å². The first-order valence-electron chi connectivity index (χ1n) is 7.20. The third-order valence-corrected chi connectivity index (χ3v) is 4.73. The van der Waals surface area contributed by atoms with Crippen LogP contribution in [-0.4, -0.2) is 12.4 Å². The molecule has 2 aliphatic carbocycles. The largest absolute Gasteiger partial charge is 0.435 e. The Hall–Kier alpha value is -1.45. The first kappa shape index (κ1) is 13.5. The fraction of sp³-hybridized carbons (Fsp3) is 0.562. The zero-order valence-corrected chi connectivity index (χ0v) is 11.2. The first-order chi connectivity index (χ1) is 9.61. The average Bonchev–Trinajstić information content (AvgIpc) is 3.01. The Morgan fingerprint density at radius 3 is 2.50 bits per heavy atom. The predicted molar refractivity (Wildman–Crippen MR) is 71.0 cm³/mol. The van der Waals surface area contributed by atoms with Crippen LogP contribution in [0.25, 0.3) is 0 Å². The van der Waals surface area contributed by atoms with Gasteiger partial charge in [-0.2, -0.15) is 8.78 Å². The van der Waals surface area contributed by atoms with Gasteiger partial charge in [-0.1, -0.05) is 6.42 Å². The molecule has 3 atom stereocenters. The molecule has 3 unspecified atom stereocenters. The highest BCUT2D eigenvalue weighted by molar-refractivity contribution is 5.96. The molecule has 4 heteroatoms. The van der Waals surface area contributed by atoms with Crippen LogP contribution in [0.3, 0.4) is 0 Å². The molecule has 2 bridgehead atoms. The third kappa shape index (κ3) is 2.84. The van der Waals surface area contributed by atoms with Crippen molar-refractivity contribution in [1.82, 2.24) is 0 Å². The Morgan fingerprint density at radius 1 is 1.20 bits per heavy atom. The number of hydrogen-bond donors (Lipinski definition) is 0. The number of ketones is 1. The van der Waals surface area contributed by atoms with Gasteiger partial charge in [0.2, 0.25) is 0 Å². The molecule has 0 amide bonds. The van der Waals surface area contributed by atoms with Gasteiger partial charge in [0.05, 0.1) is 0 Å². The molecule has 0 aromatic heterocycles. The van der Waals surface area contributed by atoms with Crippen molar-refractivity contribution in [3.05, 3.63) is 29.8 Å². The second-order valence-corrected chi connectivity index (χ2v) is 5.97. The summed E-state index contributed by atoms with van der Waals surface area (Å²) < 4.78 is 28.4. The monoisotopic (exact) mass is 280 g/mol. The predicted octanol–water partition coefficient (Wildman–Crippen LogP) is 4.30. The van der Waals surface area contributed by atoms with E-state index in [2.05, 4.69) is 4.74 Å². The molecule has 2 nitrogen and oxygen atoms in total. The Labute approximate surface area is 117 Å². The van der Waals surface area contributed by atoms with Gasteiger partial charge in [0, 0.05) is 12.0 Å². The molecule has 0 heterocycles. The van der Waals surface area contributed by atoms with Crippen molar-refractivity contribution < 1.29 is 18.3 Å². The number of rotatable bonds is 5. The van der Waals surface area contributed by atoms with Crippen LogP contribution in [0.4, 0.5) is 8.78 Å². The zero-order valence-electron chi connectivity index (χ0n) is 11.2. The molecular weight excluding hydrogens is 262 g/mol. The van der Waals surface area contributed by atoms with Crippen molar-refractivity contribution in [3.63, 3.8) is 0 Å². The molecule has 2 fully saturated rings. The Balaban J connectivity index is 1.59. The minimum atomic E-state index is -2.83. The van der Waals surface area contributed by atoms with Crippen LogP contribution in [0.2, 0.25) is 0 Å². The maximum Gasteiger partial charge on any atom is 0.387 e. The summed E-state index contributed by atoms with van der Waals surface area (Å²) in [5.41, 5.74) is 0.592. The quantitative estimate of drug-likeness (QED) is 0.752. The SMILES string of the molecule is O=C(CC1CC2CCC1C2)c1ccc(OC(F)F)cc1. The Bertz CT molecular complexity index is 484. The van der Waals surface area contributed by atoms with E-state index in [9.17, 15) is 13.6 Å². The highest BCUT2D eigenvalue weighted by atomic mass is 19.3. The number of alkyl halides is 2. The highest BCUT2D eigenvalue weighted by Gasteiger charge is 2.40. The standard InChI is InChI=1S/C16H18F2O2/c17-16(18)20-14-5-3-11(4-6-14)15(19)9-13-8-10-1-2-12(13)7-10/h3-6,10,12-13,16H,1-2,7-9H2. The summed E-state index contributed by atoms with van der Waals surface area (Å²) in [7, 11) is 0.